The number of halogens is 2. The molecule has 1 saturated heterocycles. The molecule has 0 bridgehead atoms. The van der Waals surface area contributed by atoms with Gasteiger partial charge >= 0.3 is 0 Å². The summed E-state index contributed by atoms with van der Waals surface area (Å²) >= 11 is 1.65. The number of nitrogens with zero attached hydrogens (tertiary/aromatic N) is 5. The second kappa shape index (κ2) is 9.78. The number of nitrogens with one attached hydrogen (secondary N) is 1. The summed E-state index contributed by atoms with van der Waals surface area (Å²) in [5.74, 6) is -0.0496. The number of ether oxygens (including phenoxy) is 3. The lowest BCUT2D eigenvalue weighted by Gasteiger charge is -2.24. The lowest BCUT2D eigenvalue weighted by molar-refractivity contribution is -0.174. The van der Waals surface area contributed by atoms with Gasteiger partial charge in [-0.05, 0) is 69.6 Å². The van der Waals surface area contributed by atoms with Gasteiger partial charge in [-0.3, -0.25) is 0 Å². The van der Waals surface area contributed by atoms with Crippen molar-refractivity contribution >= 4 is 28.7 Å². The number of aromatic nitrogens is 5. The summed E-state index contributed by atoms with van der Waals surface area (Å²) in [5, 5.41) is 22.7. The standard InChI is InChI=1S/C29H34F2N6O4S/c1-28(2)40-23-20(39-8-7-38)11-29(24(23)41-28)12-21(29)37-26-22(35-36-37)25(33-27(34-26)42-13-14-3-4-14)32-19-10-16(19)15-5-6-17(30)18(31)9-15/h5-6,9,14,16,19-21,23-24,38H,3-4,7-8,10-13H2,1-2H3,(H,32,33,34)/t16-,19+,20-,21?,23+,24+,29-/m0/s1. The fraction of sp³-hybridized carbons (Fsp3) is 0.655. The Bertz CT molecular complexity index is 1540. The van der Waals surface area contributed by atoms with Gasteiger partial charge in [-0.15, -0.1) is 5.10 Å². The molecule has 1 aliphatic heterocycles. The minimum absolute atomic E-state index is 0.00937. The molecule has 0 radical (unpaired) electrons. The normalized spacial score (nSPS) is 34.3. The van der Waals surface area contributed by atoms with Crippen LogP contribution < -0.4 is 5.32 Å². The van der Waals surface area contributed by atoms with E-state index < -0.39 is 17.4 Å². The van der Waals surface area contributed by atoms with Crippen molar-refractivity contribution in [1.29, 1.82) is 0 Å². The van der Waals surface area contributed by atoms with Crippen molar-refractivity contribution in [1.82, 2.24) is 25.0 Å². The summed E-state index contributed by atoms with van der Waals surface area (Å²) in [4.78, 5) is 9.79. The molecule has 2 aromatic heterocycles. The predicted octanol–water partition coefficient (Wildman–Crippen LogP) is 4.20. The van der Waals surface area contributed by atoms with Gasteiger partial charge in [-0.25, -0.2) is 23.4 Å². The molecule has 13 heteroatoms. The van der Waals surface area contributed by atoms with Gasteiger partial charge in [0.2, 0.25) is 0 Å². The van der Waals surface area contributed by atoms with Crippen LogP contribution in [0, 0.1) is 23.0 Å². The largest absolute Gasteiger partial charge is 0.394 e. The fourth-order valence-electron chi connectivity index (χ4n) is 6.93. The molecule has 8 rings (SSSR count). The Kier molecular flexibility index (Phi) is 6.32. The number of fused-ring (bicyclic) bond motifs is 3. The quantitative estimate of drug-likeness (QED) is 0.259. The Morgan fingerprint density at radius 2 is 2.02 bits per heavy atom. The summed E-state index contributed by atoms with van der Waals surface area (Å²) in [6.07, 6.45) is 4.28. The van der Waals surface area contributed by atoms with Crippen molar-refractivity contribution < 1.29 is 28.1 Å². The first kappa shape index (κ1) is 27.1. The molecule has 3 heterocycles. The average molecular weight is 601 g/mol. The van der Waals surface area contributed by atoms with Crippen molar-refractivity contribution in [3.63, 3.8) is 0 Å². The van der Waals surface area contributed by atoms with Crippen molar-refractivity contribution in [2.45, 2.75) is 93.2 Å². The van der Waals surface area contributed by atoms with Crippen molar-refractivity contribution in [3.05, 3.63) is 35.4 Å². The van der Waals surface area contributed by atoms with Gasteiger partial charge in [0.05, 0.1) is 31.5 Å². The van der Waals surface area contributed by atoms with Crippen molar-refractivity contribution in [2.75, 3.05) is 24.3 Å². The van der Waals surface area contributed by atoms with Gasteiger partial charge < -0.3 is 24.6 Å². The molecule has 4 aliphatic carbocycles. The smallest absolute Gasteiger partial charge is 0.191 e. The SMILES string of the molecule is CC1(C)O[C@@H]2[C@@H](OCCO)C[C@@]3(CC3n3nnc4c(N[C@@H]5C[C@H]5c5ccc(F)c(F)c5)nc(SCC5CC5)nc43)[C@@H]2O1. The maximum atomic E-state index is 13.9. The predicted molar refractivity (Wildman–Crippen MR) is 149 cm³/mol. The second-order valence-electron chi connectivity index (χ2n) is 12.9. The summed E-state index contributed by atoms with van der Waals surface area (Å²) in [6.45, 7) is 4.05. The van der Waals surface area contributed by atoms with E-state index in [1.807, 2.05) is 18.5 Å². The van der Waals surface area contributed by atoms with Crippen LogP contribution in [0.1, 0.15) is 63.5 Å². The molecular weight excluding hydrogens is 566 g/mol. The first-order valence-corrected chi connectivity index (χ1v) is 15.8. The van der Waals surface area contributed by atoms with Gasteiger partial charge in [-0.1, -0.05) is 23.0 Å². The molecule has 1 unspecified atom stereocenters. The number of benzene rings is 1. The van der Waals surface area contributed by atoms with E-state index in [-0.39, 0.29) is 54.9 Å². The zero-order chi connectivity index (χ0) is 28.8. The topological polar surface area (TPSA) is 116 Å². The van der Waals surface area contributed by atoms with E-state index in [1.54, 1.807) is 17.8 Å². The Labute approximate surface area is 245 Å². The molecule has 4 saturated carbocycles. The van der Waals surface area contributed by atoms with E-state index in [4.69, 9.17) is 24.2 Å². The number of thioether (sulfide) groups is 1. The number of hydrogen-bond acceptors (Lipinski definition) is 10. The number of hydrogen-bond donors (Lipinski definition) is 2. The molecule has 5 fully saturated rings. The highest BCUT2D eigenvalue weighted by Crippen LogP contribution is 2.69. The Hall–Kier alpha value is -2.45. The van der Waals surface area contributed by atoms with Crippen LogP contribution in [0.4, 0.5) is 14.6 Å². The highest BCUT2D eigenvalue weighted by molar-refractivity contribution is 7.99. The minimum Gasteiger partial charge on any atom is -0.394 e. The van der Waals surface area contributed by atoms with Gasteiger partial charge in [0.25, 0.3) is 0 Å². The molecular formula is C29H34F2N6O4S. The van der Waals surface area contributed by atoms with Crippen LogP contribution in [-0.2, 0) is 14.2 Å². The van der Waals surface area contributed by atoms with Crippen LogP contribution in [-0.4, -0.2) is 79.2 Å². The monoisotopic (exact) mass is 600 g/mol. The third kappa shape index (κ3) is 4.68. The lowest BCUT2D eigenvalue weighted by atomic mass is 10.0. The Morgan fingerprint density at radius 3 is 2.81 bits per heavy atom. The maximum absolute atomic E-state index is 13.9. The van der Waals surface area contributed by atoms with Crippen LogP contribution in [0.5, 0.6) is 0 Å². The van der Waals surface area contributed by atoms with E-state index >= 15 is 0 Å². The highest BCUT2D eigenvalue weighted by atomic mass is 32.2. The lowest BCUT2D eigenvalue weighted by Crippen LogP contribution is -2.31. The van der Waals surface area contributed by atoms with Crippen molar-refractivity contribution in [3.8, 4) is 0 Å². The van der Waals surface area contributed by atoms with Crippen LogP contribution >= 0.6 is 11.8 Å². The molecule has 224 valence electrons. The van der Waals surface area contributed by atoms with E-state index in [0.717, 1.165) is 30.6 Å². The van der Waals surface area contributed by atoms with Gasteiger partial charge in [0.15, 0.2) is 39.6 Å². The molecule has 1 spiro atoms. The summed E-state index contributed by atoms with van der Waals surface area (Å²) in [5.41, 5.74) is 1.80. The molecule has 10 nitrogen and oxygen atoms in total. The second-order valence-corrected chi connectivity index (χ2v) is 13.9. The first-order chi connectivity index (χ1) is 20.2. The molecule has 1 aromatic carbocycles. The third-order valence-electron chi connectivity index (χ3n) is 9.37. The Balaban J connectivity index is 1.09. The zero-order valence-corrected chi connectivity index (χ0v) is 24.3. The molecule has 42 heavy (non-hydrogen) atoms. The highest BCUT2D eigenvalue weighted by Gasteiger charge is 2.73. The summed E-state index contributed by atoms with van der Waals surface area (Å²) < 4.78 is 48.0. The van der Waals surface area contributed by atoms with Crippen LogP contribution in [0.3, 0.4) is 0 Å². The molecule has 2 N–H and O–H groups in total. The van der Waals surface area contributed by atoms with Gasteiger partial charge in [-0.2, -0.15) is 0 Å². The molecule has 5 aliphatic rings. The van der Waals surface area contributed by atoms with E-state index in [0.29, 0.717) is 28.1 Å². The van der Waals surface area contributed by atoms with Gasteiger partial charge in [0.1, 0.15) is 6.10 Å². The summed E-state index contributed by atoms with van der Waals surface area (Å²) in [6, 6.07) is 4.13. The average Bonchev–Trinajstić information content (AvgIpc) is 3.91. The fourth-order valence-corrected chi connectivity index (χ4v) is 7.96. The van der Waals surface area contributed by atoms with Crippen LogP contribution in [0.15, 0.2) is 23.4 Å². The van der Waals surface area contributed by atoms with Gasteiger partial charge in [0, 0.05) is 23.1 Å². The van der Waals surface area contributed by atoms with Crippen LogP contribution in [0.2, 0.25) is 0 Å². The zero-order valence-electron chi connectivity index (χ0n) is 23.5. The molecule has 7 atom stereocenters. The maximum Gasteiger partial charge on any atom is 0.191 e. The number of aliphatic hydroxyl groups is 1. The third-order valence-corrected chi connectivity index (χ3v) is 10.5. The van der Waals surface area contributed by atoms with E-state index in [9.17, 15) is 13.9 Å². The van der Waals surface area contributed by atoms with E-state index in [2.05, 4.69) is 15.6 Å². The number of rotatable bonds is 10. The van der Waals surface area contributed by atoms with E-state index in [1.165, 1.54) is 25.0 Å². The molecule has 0 amide bonds. The number of anilines is 1. The molecule has 3 aromatic rings. The minimum atomic E-state index is -0.841. The van der Waals surface area contributed by atoms with Crippen LogP contribution in [0.25, 0.3) is 11.2 Å². The summed E-state index contributed by atoms with van der Waals surface area (Å²) in [7, 11) is 0. The number of aliphatic hydroxyl groups excluding tert-OH is 1. The van der Waals surface area contributed by atoms with Crippen molar-refractivity contribution in [2.24, 2.45) is 11.3 Å². The Morgan fingerprint density at radius 1 is 1.17 bits per heavy atom. The first-order valence-electron chi connectivity index (χ1n) is 14.8.